The topological polar surface area (TPSA) is 33.0 Å². The van der Waals surface area contributed by atoms with Gasteiger partial charge in [-0.15, -0.1) is 0 Å². The largest absolute Gasteiger partial charge is 0.378 e. The maximum atomic E-state index is 13.9. The summed E-state index contributed by atoms with van der Waals surface area (Å²) < 4.78 is 20.3. The average Bonchev–Trinajstić information content (AvgIpc) is 2.85. The lowest BCUT2D eigenvalue weighted by molar-refractivity contribution is -0.00485. The van der Waals surface area contributed by atoms with Crippen molar-refractivity contribution < 1.29 is 9.13 Å². The molecular weight excluding hydrogens is 409 g/mol. The van der Waals surface area contributed by atoms with Crippen LogP contribution in [0.25, 0.3) is 0 Å². The lowest BCUT2D eigenvalue weighted by Gasteiger charge is -2.32. The van der Waals surface area contributed by atoms with Crippen LogP contribution in [0.2, 0.25) is 0 Å². The molecule has 0 unspecified atom stereocenters. The Morgan fingerprint density at radius 3 is 2.12 bits per heavy atom. The number of nitriles is 1. The highest BCUT2D eigenvalue weighted by molar-refractivity contribution is 5.34. The van der Waals surface area contributed by atoms with Gasteiger partial charge in [-0.2, -0.15) is 5.26 Å². The second-order valence-corrected chi connectivity index (χ2v) is 10.8. The van der Waals surface area contributed by atoms with Crippen molar-refractivity contribution in [3.63, 3.8) is 0 Å². The second-order valence-electron chi connectivity index (χ2n) is 10.8. The van der Waals surface area contributed by atoms with Crippen molar-refractivity contribution in [3.05, 3.63) is 35.1 Å². The van der Waals surface area contributed by atoms with Crippen molar-refractivity contribution in [2.24, 2.45) is 11.8 Å². The summed E-state index contributed by atoms with van der Waals surface area (Å²) in [6.07, 6.45) is 23.0. The zero-order valence-electron chi connectivity index (χ0n) is 21.0. The van der Waals surface area contributed by atoms with E-state index in [2.05, 4.69) is 6.92 Å². The molecule has 2 aliphatic carbocycles. The molecule has 0 atom stereocenters. The summed E-state index contributed by atoms with van der Waals surface area (Å²) >= 11 is 0. The van der Waals surface area contributed by atoms with Crippen LogP contribution in [0.3, 0.4) is 0 Å². The number of halogens is 1. The van der Waals surface area contributed by atoms with Gasteiger partial charge in [-0.1, -0.05) is 83.6 Å². The molecule has 0 aromatic heterocycles. The predicted octanol–water partition coefficient (Wildman–Crippen LogP) is 9.08. The van der Waals surface area contributed by atoms with E-state index in [1.165, 1.54) is 83.5 Å². The van der Waals surface area contributed by atoms with Crippen LogP contribution < -0.4 is 0 Å². The van der Waals surface area contributed by atoms with E-state index in [1.807, 2.05) is 12.1 Å². The van der Waals surface area contributed by atoms with E-state index in [1.54, 1.807) is 12.1 Å². The fourth-order valence-electron chi connectivity index (χ4n) is 5.96. The molecule has 0 radical (unpaired) electrons. The number of ether oxygens (including phenoxy) is 1. The number of hydrogen-bond acceptors (Lipinski definition) is 2. The maximum absolute atomic E-state index is 13.9. The first-order valence-electron chi connectivity index (χ1n) is 14.0. The summed E-state index contributed by atoms with van der Waals surface area (Å²) in [6, 6.07) is 7.03. The summed E-state index contributed by atoms with van der Waals surface area (Å²) in [5, 5.41) is 8.92. The number of nitrogens with zero attached hydrogens (tertiary/aromatic N) is 1. The quantitative estimate of drug-likeness (QED) is 0.278. The van der Waals surface area contributed by atoms with Crippen LogP contribution in [0, 0.1) is 29.0 Å². The molecule has 0 heterocycles. The van der Waals surface area contributed by atoms with Crippen molar-refractivity contribution in [2.75, 3.05) is 6.61 Å². The van der Waals surface area contributed by atoms with E-state index in [0.717, 1.165) is 49.7 Å². The molecule has 2 saturated carbocycles. The standard InChI is InChI=1S/C30H46FNO/c1-2-3-4-5-6-7-8-9-10-24-11-13-25(14-12-24)23-33-29-19-17-26(18-20-29)27-15-16-28(22-32)30(31)21-27/h15-16,21,24-26,29H,2-14,17-20,23H2,1H3. The van der Waals surface area contributed by atoms with Gasteiger partial charge >= 0.3 is 0 Å². The first-order valence-corrected chi connectivity index (χ1v) is 14.0. The molecule has 33 heavy (non-hydrogen) atoms. The third kappa shape index (κ3) is 9.05. The molecule has 0 bridgehead atoms. The van der Waals surface area contributed by atoms with Crippen LogP contribution in [0.15, 0.2) is 18.2 Å². The molecule has 0 saturated heterocycles. The van der Waals surface area contributed by atoms with Gasteiger partial charge in [0.2, 0.25) is 0 Å². The van der Waals surface area contributed by atoms with E-state index in [4.69, 9.17) is 10.00 Å². The van der Waals surface area contributed by atoms with Crippen LogP contribution in [-0.2, 0) is 4.74 Å². The van der Waals surface area contributed by atoms with Gasteiger partial charge in [0.25, 0.3) is 0 Å². The molecule has 2 nitrogen and oxygen atoms in total. The Hall–Kier alpha value is -1.40. The van der Waals surface area contributed by atoms with Gasteiger partial charge in [0, 0.05) is 6.61 Å². The van der Waals surface area contributed by atoms with E-state index in [9.17, 15) is 4.39 Å². The molecular formula is C30H46FNO. The van der Waals surface area contributed by atoms with Crippen LogP contribution >= 0.6 is 0 Å². The predicted molar refractivity (Wildman–Crippen MR) is 135 cm³/mol. The van der Waals surface area contributed by atoms with Crippen LogP contribution in [0.4, 0.5) is 4.39 Å². The minimum absolute atomic E-state index is 0.142. The van der Waals surface area contributed by atoms with Crippen molar-refractivity contribution in [2.45, 2.75) is 128 Å². The summed E-state index contributed by atoms with van der Waals surface area (Å²) in [6.45, 7) is 3.22. The van der Waals surface area contributed by atoms with E-state index >= 15 is 0 Å². The highest BCUT2D eigenvalue weighted by Crippen LogP contribution is 2.36. The fourth-order valence-corrected chi connectivity index (χ4v) is 5.96. The third-order valence-electron chi connectivity index (χ3n) is 8.26. The first kappa shape index (κ1) is 26.2. The zero-order chi connectivity index (χ0) is 23.3. The van der Waals surface area contributed by atoms with Gasteiger partial charge < -0.3 is 4.74 Å². The van der Waals surface area contributed by atoms with E-state index < -0.39 is 0 Å². The summed E-state index contributed by atoms with van der Waals surface area (Å²) in [5.41, 5.74) is 1.18. The smallest absolute Gasteiger partial charge is 0.141 e. The van der Waals surface area contributed by atoms with Crippen LogP contribution in [-0.4, -0.2) is 12.7 Å². The molecule has 0 amide bonds. The molecule has 0 N–H and O–H groups in total. The number of rotatable bonds is 13. The molecule has 184 valence electrons. The SMILES string of the molecule is CCCCCCCCCCC1CCC(COC2CCC(c3ccc(C#N)c(F)c3)CC2)CC1. The fraction of sp³-hybridized carbons (Fsp3) is 0.767. The highest BCUT2D eigenvalue weighted by Gasteiger charge is 2.26. The summed E-state index contributed by atoms with van der Waals surface area (Å²) in [5.74, 6) is 1.74. The van der Waals surface area contributed by atoms with Gasteiger partial charge in [-0.25, -0.2) is 4.39 Å². The molecule has 1 aromatic carbocycles. The Morgan fingerprint density at radius 1 is 0.848 bits per heavy atom. The van der Waals surface area contributed by atoms with Gasteiger partial charge in [0.1, 0.15) is 11.9 Å². The van der Waals surface area contributed by atoms with Gasteiger partial charge in [0.15, 0.2) is 0 Å². The molecule has 0 spiro atoms. The van der Waals surface area contributed by atoms with Crippen molar-refractivity contribution in [3.8, 4) is 6.07 Å². The molecule has 3 rings (SSSR count). The second kappa shape index (κ2) is 14.8. The number of unbranched alkanes of at least 4 members (excludes halogenated alkanes) is 7. The van der Waals surface area contributed by atoms with Crippen molar-refractivity contribution in [1.82, 2.24) is 0 Å². The summed E-state index contributed by atoms with van der Waals surface area (Å²) in [4.78, 5) is 0. The third-order valence-corrected chi connectivity index (χ3v) is 8.26. The van der Waals surface area contributed by atoms with E-state index in [-0.39, 0.29) is 11.4 Å². The van der Waals surface area contributed by atoms with Crippen molar-refractivity contribution >= 4 is 0 Å². The molecule has 1 aromatic rings. The molecule has 0 aliphatic heterocycles. The van der Waals surface area contributed by atoms with Crippen molar-refractivity contribution in [1.29, 1.82) is 5.26 Å². The maximum Gasteiger partial charge on any atom is 0.141 e. The van der Waals surface area contributed by atoms with Gasteiger partial charge in [0.05, 0.1) is 11.7 Å². The summed E-state index contributed by atoms with van der Waals surface area (Å²) in [7, 11) is 0. The Bertz CT molecular complexity index is 710. The Morgan fingerprint density at radius 2 is 1.48 bits per heavy atom. The Labute approximate surface area is 202 Å². The number of benzene rings is 1. The average molecular weight is 456 g/mol. The lowest BCUT2D eigenvalue weighted by Crippen LogP contribution is -2.25. The molecule has 3 heteroatoms. The highest BCUT2D eigenvalue weighted by atomic mass is 19.1. The first-order chi connectivity index (χ1) is 16.2. The Kier molecular flexibility index (Phi) is 11.7. The minimum atomic E-state index is -0.383. The Balaban J connectivity index is 1.23. The lowest BCUT2D eigenvalue weighted by atomic mass is 9.80. The van der Waals surface area contributed by atoms with Crippen LogP contribution in [0.5, 0.6) is 0 Å². The van der Waals surface area contributed by atoms with E-state index in [0.29, 0.717) is 12.0 Å². The van der Waals surface area contributed by atoms with Gasteiger partial charge in [-0.05, 0) is 74.0 Å². The van der Waals surface area contributed by atoms with Crippen LogP contribution in [0.1, 0.15) is 133 Å². The normalized spacial score (nSPS) is 25.6. The van der Waals surface area contributed by atoms with Gasteiger partial charge in [-0.3, -0.25) is 0 Å². The minimum Gasteiger partial charge on any atom is -0.378 e. The molecule has 2 fully saturated rings. The number of hydrogen-bond donors (Lipinski definition) is 0. The molecule has 2 aliphatic rings. The monoisotopic (exact) mass is 455 g/mol. The zero-order valence-corrected chi connectivity index (χ0v) is 21.0.